The largest absolute Gasteiger partial charge is 0.383 e. The van der Waals surface area contributed by atoms with Gasteiger partial charge in [0.1, 0.15) is 0 Å². The predicted octanol–water partition coefficient (Wildman–Crippen LogP) is 1.68. The Bertz CT molecular complexity index is 752. The van der Waals surface area contributed by atoms with Crippen LogP contribution in [0.4, 0.5) is 0 Å². The van der Waals surface area contributed by atoms with Crippen molar-refractivity contribution in [3.63, 3.8) is 0 Å². The van der Waals surface area contributed by atoms with E-state index in [4.69, 9.17) is 4.74 Å². The first kappa shape index (κ1) is 17.1. The van der Waals surface area contributed by atoms with Crippen molar-refractivity contribution in [1.29, 1.82) is 0 Å². The SMILES string of the molecule is COCCN(CC(C)C)C(=O)c1nn(C)c(=O)c2ccccc12. The van der Waals surface area contributed by atoms with Crippen LogP contribution in [0.3, 0.4) is 0 Å². The van der Waals surface area contributed by atoms with Gasteiger partial charge in [-0.2, -0.15) is 5.10 Å². The number of hydrogen-bond acceptors (Lipinski definition) is 4. The lowest BCUT2D eigenvalue weighted by Gasteiger charge is -2.24. The molecule has 6 heteroatoms. The Morgan fingerprint density at radius 3 is 2.57 bits per heavy atom. The lowest BCUT2D eigenvalue weighted by Crippen LogP contribution is -2.38. The number of nitrogens with zero attached hydrogens (tertiary/aromatic N) is 3. The molecule has 0 spiro atoms. The number of hydrogen-bond donors (Lipinski definition) is 0. The second kappa shape index (κ2) is 7.37. The first-order chi connectivity index (χ1) is 11.0. The zero-order valence-corrected chi connectivity index (χ0v) is 14.1. The quantitative estimate of drug-likeness (QED) is 0.813. The molecule has 0 N–H and O–H groups in total. The monoisotopic (exact) mass is 317 g/mol. The maximum Gasteiger partial charge on any atom is 0.275 e. The van der Waals surface area contributed by atoms with E-state index >= 15 is 0 Å². The summed E-state index contributed by atoms with van der Waals surface area (Å²) in [5.41, 5.74) is 0.101. The van der Waals surface area contributed by atoms with Gasteiger partial charge in [0, 0.05) is 32.6 Å². The molecule has 0 fully saturated rings. The normalized spacial score (nSPS) is 11.2. The molecule has 124 valence electrons. The van der Waals surface area contributed by atoms with Gasteiger partial charge in [0.15, 0.2) is 5.69 Å². The van der Waals surface area contributed by atoms with Crippen LogP contribution in [0.2, 0.25) is 0 Å². The molecule has 0 radical (unpaired) electrons. The highest BCUT2D eigenvalue weighted by atomic mass is 16.5. The molecule has 23 heavy (non-hydrogen) atoms. The fourth-order valence-corrected chi connectivity index (χ4v) is 2.53. The third kappa shape index (κ3) is 3.76. The molecular formula is C17H23N3O3. The van der Waals surface area contributed by atoms with Crippen LogP contribution >= 0.6 is 0 Å². The number of aryl methyl sites for hydroxylation is 1. The van der Waals surface area contributed by atoms with Gasteiger partial charge < -0.3 is 9.64 Å². The Morgan fingerprint density at radius 2 is 1.96 bits per heavy atom. The lowest BCUT2D eigenvalue weighted by atomic mass is 10.1. The topological polar surface area (TPSA) is 64.4 Å². The van der Waals surface area contributed by atoms with Crippen LogP contribution in [-0.2, 0) is 11.8 Å². The summed E-state index contributed by atoms with van der Waals surface area (Å²) < 4.78 is 6.32. The highest BCUT2D eigenvalue weighted by molar-refractivity contribution is 6.04. The van der Waals surface area contributed by atoms with E-state index in [9.17, 15) is 9.59 Å². The number of ether oxygens (including phenoxy) is 1. The van der Waals surface area contributed by atoms with E-state index in [2.05, 4.69) is 18.9 Å². The molecule has 1 aromatic heterocycles. The minimum absolute atomic E-state index is 0.178. The van der Waals surface area contributed by atoms with Crippen molar-refractivity contribution in [3.8, 4) is 0 Å². The summed E-state index contributed by atoms with van der Waals surface area (Å²) >= 11 is 0. The molecule has 0 aliphatic heterocycles. The molecule has 0 aliphatic carbocycles. The first-order valence-electron chi connectivity index (χ1n) is 7.70. The zero-order valence-electron chi connectivity index (χ0n) is 14.1. The molecule has 6 nitrogen and oxygen atoms in total. The van der Waals surface area contributed by atoms with Crippen LogP contribution in [0.5, 0.6) is 0 Å². The maximum absolute atomic E-state index is 13.0. The van der Waals surface area contributed by atoms with E-state index in [0.29, 0.717) is 42.1 Å². The van der Waals surface area contributed by atoms with Crippen LogP contribution in [-0.4, -0.2) is 47.4 Å². The average Bonchev–Trinajstić information content (AvgIpc) is 2.54. The average molecular weight is 317 g/mol. The second-order valence-electron chi connectivity index (χ2n) is 5.96. The van der Waals surface area contributed by atoms with E-state index < -0.39 is 0 Å². The number of carbonyl (C=O) groups excluding carboxylic acids is 1. The zero-order chi connectivity index (χ0) is 17.0. The van der Waals surface area contributed by atoms with E-state index in [1.54, 1.807) is 37.3 Å². The maximum atomic E-state index is 13.0. The molecule has 1 amide bonds. The molecule has 0 aliphatic rings. The fraction of sp³-hybridized carbons (Fsp3) is 0.471. The summed E-state index contributed by atoms with van der Waals surface area (Å²) in [5, 5.41) is 5.30. The Kier molecular flexibility index (Phi) is 5.50. The van der Waals surface area contributed by atoms with Crippen LogP contribution in [0.25, 0.3) is 10.8 Å². The Labute approximate surface area is 135 Å². The summed E-state index contributed by atoms with van der Waals surface area (Å²) in [6.45, 7) is 5.67. The standard InChI is InChI=1S/C17H23N3O3/c1-12(2)11-20(9-10-23-4)17(22)15-13-7-5-6-8-14(13)16(21)19(3)18-15/h5-8,12H,9-11H2,1-4H3. The van der Waals surface area contributed by atoms with Crippen molar-refractivity contribution < 1.29 is 9.53 Å². The molecule has 0 bridgehead atoms. The number of rotatable bonds is 6. The summed E-state index contributed by atoms with van der Waals surface area (Å²) in [4.78, 5) is 26.9. The molecule has 1 aromatic carbocycles. The van der Waals surface area contributed by atoms with Gasteiger partial charge in [0.25, 0.3) is 11.5 Å². The molecule has 0 atom stereocenters. The van der Waals surface area contributed by atoms with Crippen LogP contribution in [0.15, 0.2) is 29.1 Å². The van der Waals surface area contributed by atoms with Gasteiger partial charge in [-0.3, -0.25) is 9.59 Å². The first-order valence-corrected chi connectivity index (χ1v) is 7.70. The minimum atomic E-state index is -0.204. The third-order valence-electron chi connectivity index (χ3n) is 3.60. The van der Waals surface area contributed by atoms with E-state index in [0.717, 1.165) is 0 Å². The van der Waals surface area contributed by atoms with Gasteiger partial charge in [0.05, 0.1) is 12.0 Å². The van der Waals surface area contributed by atoms with Crippen LogP contribution in [0.1, 0.15) is 24.3 Å². The summed E-state index contributed by atoms with van der Waals surface area (Å²) in [6.07, 6.45) is 0. The van der Waals surface area contributed by atoms with Crippen molar-refractivity contribution in [2.75, 3.05) is 26.8 Å². The number of aromatic nitrogens is 2. The number of benzene rings is 1. The summed E-state index contributed by atoms with van der Waals surface area (Å²) in [6, 6.07) is 7.08. The third-order valence-corrected chi connectivity index (χ3v) is 3.60. The molecular weight excluding hydrogens is 294 g/mol. The highest BCUT2D eigenvalue weighted by Gasteiger charge is 2.22. The number of amides is 1. The van der Waals surface area contributed by atoms with Crippen molar-refractivity contribution in [3.05, 3.63) is 40.3 Å². The molecule has 0 saturated carbocycles. The minimum Gasteiger partial charge on any atom is -0.383 e. The molecule has 0 unspecified atom stereocenters. The molecule has 1 heterocycles. The molecule has 0 saturated heterocycles. The summed E-state index contributed by atoms with van der Waals surface area (Å²) in [5.74, 6) is 0.150. The fourth-order valence-electron chi connectivity index (χ4n) is 2.53. The van der Waals surface area contributed by atoms with Crippen LogP contribution < -0.4 is 5.56 Å². The second-order valence-corrected chi connectivity index (χ2v) is 5.96. The Hall–Kier alpha value is -2.21. The Morgan fingerprint density at radius 1 is 1.30 bits per heavy atom. The highest BCUT2D eigenvalue weighted by Crippen LogP contribution is 2.15. The van der Waals surface area contributed by atoms with Gasteiger partial charge in [-0.1, -0.05) is 32.0 Å². The van der Waals surface area contributed by atoms with E-state index in [-0.39, 0.29) is 11.5 Å². The number of carbonyl (C=O) groups is 1. The van der Waals surface area contributed by atoms with Gasteiger partial charge in [-0.05, 0) is 12.0 Å². The van der Waals surface area contributed by atoms with Crippen molar-refractivity contribution in [2.45, 2.75) is 13.8 Å². The van der Waals surface area contributed by atoms with Crippen molar-refractivity contribution in [1.82, 2.24) is 14.7 Å². The molecule has 2 rings (SSSR count). The van der Waals surface area contributed by atoms with Gasteiger partial charge >= 0.3 is 0 Å². The number of methoxy groups -OCH3 is 1. The van der Waals surface area contributed by atoms with Gasteiger partial charge in [0.2, 0.25) is 0 Å². The summed E-state index contributed by atoms with van der Waals surface area (Å²) in [7, 11) is 3.17. The lowest BCUT2D eigenvalue weighted by molar-refractivity contribution is 0.0666. The predicted molar refractivity (Wildman–Crippen MR) is 89.6 cm³/mol. The van der Waals surface area contributed by atoms with Crippen molar-refractivity contribution >= 4 is 16.7 Å². The van der Waals surface area contributed by atoms with E-state index in [1.165, 1.54) is 4.68 Å². The molecule has 2 aromatic rings. The van der Waals surface area contributed by atoms with Gasteiger partial charge in [-0.25, -0.2) is 4.68 Å². The smallest absolute Gasteiger partial charge is 0.275 e. The Balaban J connectivity index is 2.50. The number of fused-ring (bicyclic) bond motifs is 1. The van der Waals surface area contributed by atoms with E-state index in [1.807, 2.05) is 6.07 Å². The van der Waals surface area contributed by atoms with Gasteiger partial charge in [-0.15, -0.1) is 0 Å². The van der Waals surface area contributed by atoms with Crippen LogP contribution in [0, 0.1) is 5.92 Å². The van der Waals surface area contributed by atoms with Crippen molar-refractivity contribution in [2.24, 2.45) is 13.0 Å².